The van der Waals surface area contributed by atoms with Gasteiger partial charge in [0.1, 0.15) is 11.7 Å². The van der Waals surface area contributed by atoms with Crippen molar-refractivity contribution in [2.75, 3.05) is 4.90 Å². The van der Waals surface area contributed by atoms with Crippen LogP contribution in [0.3, 0.4) is 0 Å². The van der Waals surface area contributed by atoms with E-state index in [2.05, 4.69) is 20.1 Å². The Hall–Kier alpha value is -3.09. The number of aromatic nitrogens is 4. The first kappa shape index (κ1) is 15.2. The van der Waals surface area contributed by atoms with Crippen molar-refractivity contribution >= 4 is 11.6 Å². The van der Waals surface area contributed by atoms with Crippen LogP contribution in [0.5, 0.6) is 0 Å². The molecule has 0 radical (unpaired) electrons. The molecule has 3 aromatic rings. The number of hydrogen-bond acceptors (Lipinski definition) is 6. The van der Waals surface area contributed by atoms with Crippen LogP contribution in [0.2, 0.25) is 0 Å². The van der Waals surface area contributed by atoms with E-state index in [1.54, 1.807) is 11.1 Å². The van der Waals surface area contributed by atoms with Crippen molar-refractivity contribution in [1.29, 1.82) is 0 Å². The highest BCUT2D eigenvalue weighted by atomic mass is 16.5. The van der Waals surface area contributed by atoms with Crippen molar-refractivity contribution < 1.29 is 9.32 Å². The lowest BCUT2D eigenvalue weighted by atomic mass is 10.1. The van der Waals surface area contributed by atoms with E-state index < -0.39 is 0 Å². The summed E-state index contributed by atoms with van der Waals surface area (Å²) >= 11 is 0. The summed E-state index contributed by atoms with van der Waals surface area (Å²) in [7, 11) is 0. The molecule has 7 nitrogen and oxygen atoms in total. The molecule has 0 unspecified atom stereocenters. The van der Waals surface area contributed by atoms with Crippen molar-refractivity contribution in [1.82, 2.24) is 20.1 Å². The molecule has 3 heterocycles. The lowest BCUT2D eigenvalue weighted by Crippen LogP contribution is -2.33. The van der Waals surface area contributed by atoms with Gasteiger partial charge in [-0.1, -0.05) is 23.4 Å². The Morgan fingerprint density at radius 3 is 2.81 bits per heavy atom. The summed E-state index contributed by atoms with van der Waals surface area (Å²) in [5.74, 6) is 1.43. The maximum Gasteiger partial charge on any atom is 0.279 e. The zero-order chi connectivity index (χ0) is 17.7. The van der Waals surface area contributed by atoms with Gasteiger partial charge < -0.3 is 4.52 Å². The zero-order valence-electron chi connectivity index (χ0n) is 14.3. The Bertz CT molecular complexity index is 978. The number of hydrogen-bond donors (Lipinski definition) is 0. The molecule has 1 fully saturated rings. The highest BCUT2D eigenvalue weighted by Gasteiger charge is 2.40. The lowest BCUT2D eigenvalue weighted by molar-refractivity contribution is 0.0969. The smallest absolute Gasteiger partial charge is 0.279 e. The third-order valence-electron chi connectivity index (χ3n) is 4.88. The normalized spacial score (nSPS) is 18.8. The average molecular weight is 347 g/mol. The van der Waals surface area contributed by atoms with Crippen LogP contribution in [-0.4, -0.2) is 26.0 Å². The summed E-state index contributed by atoms with van der Waals surface area (Å²) in [6, 6.07) is 7.54. The number of aryl methyl sites for hydroxylation is 1. The van der Waals surface area contributed by atoms with Gasteiger partial charge in [-0.25, -0.2) is 4.98 Å². The van der Waals surface area contributed by atoms with E-state index in [1.165, 1.54) is 6.20 Å². The second kappa shape index (κ2) is 5.72. The van der Waals surface area contributed by atoms with Crippen molar-refractivity contribution in [2.24, 2.45) is 0 Å². The molecular weight excluding hydrogens is 330 g/mol. The Labute approximate surface area is 150 Å². The van der Waals surface area contributed by atoms with Gasteiger partial charge in [-0.2, -0.15) is 4.98 Å². The van der Waals surface area contributed by atoms with Crippen LogP contribution >= 0.6 is 0 Å². The van der Waals surface area contributed by atoms with Gasteiger partial charge in [-0.15, -0.1) is 0 Å². The largest absolute Gasteiger partial charge is 0.337 e. The molecule has 2 aromatic heterocycles. The molecule has 0 spiro atoms. The standard InChI is InChI=1S/C19H17N5O2/c1-11-9-21-14(10-20-11)19(25)24-15-5-3-2-4-13(15)8-16(24)18-22-17(23-26-18)12-6-7-12/h2-5,9-10,12,16H,6-8H2,1H3/t16-/m0/s1. The molecule has 1 saturated carbocycles. The van der Waals surface area contributed by atoms with Gasteiger partial charge in [0, 0.05) is 24.2 Å². The topological polar surface area (TPSA) is 85.0 Å². The van der Waals surface area contributed by atoms with E-state index in [0.29, 0.717) is 23.9 Å². The highest BCUT2D eigenvalue weighted by molar-refractivity contribution is 6.06. The molecule has 1 atom stereocenters. The molecule has 5 rings (SSSR count). The van der Waals surface area contributed by atoms with E-state index in [0.717, 1.165) is 35.6 Å². The van der Waals surface area contributed by atoms with E-state index in [-0.39, 0.29) is 11.9 Å². The summed E-state index contributed by atoms with van der Waals surface area (Å²) in [5.41, 5.74) is 3.01. The molecule has 26 heavy (non-hydrogen) atoms. The average Bonchev–Trinajstić information content (AvgIpc) is 3.27. The Morgan fingerprint density at radius 1 is 1.19 bits per heavy atom. The van der Waals surface area contributed by atoms with Crippen LogP contribution in [0.15, 0.2) is 41.2 Å². The third-order valence-corrected chi connectivity index (χ3v) is 4.88. The Kier molecular flexibility index (Phi) is 3.34. The van der Waals surface area contributed by atoms with Gasteiger partial charge in [0.2, 0.25) is 5.89 Å². The summed E-state index contributed by atoms with van der Waals surface area (Å²) in [4.78, 5) is 27.9. The molecule has 1 aliphatic carbocycles. The minimum absolute atomic E-state index is 0.210. The van der Waals surface area contributed by atoms with E-state index >= 15 is 0 Å². The number of rotatable bonds is 3. The first-order chi connectivity index (χ1) is 12.7. The maximum absolute atomic E-state index is 13.2. The van der Waals surface area contributed by atoms with Crippen LogP contribution in [0.1, 0.15) is 58.3 Å². The Balaban J connectivity index is 1.55. The van der Waals surface area contributed by atoms with Gasteiger partial charge in [-0.3, -0.25) is 14.7 Å². The molecule has 0 saturated heterocycles. The second-order valence-electron chi connectivity index (χ2n) is 6.83. The first-order valence-corrected chi connectivity index (χ1v) is 8.74. The first-order valence-electron chi connectivity index (χ1n) is 8.74. The summed E-state index contributed by atoms with van der Waals surface area (Å²) in [6.45, 7) is 1.84. The van der Waals surface area contributed by atoms with Crippen LogP contribution in [0.25, 0.3) is 0 Å². The number of amides is 1. The number of fused-ring (bicyclic) bond motifs is 1. The molecular formula is C19H17N5O2. The SMILES string of the molecule is Cc1cnc(C(=O)N2c3ccccc3C[C@H]2c2nc(C3CC3)no2)cn1. The van der Waals surface area contributed by atoms with Crippen molar-refractivity contribution in [3.8, 4) is 0 Å². The fraction of sp³-hybridized carbons (Fsp3) is 0.316. The molecule has 7 heteroatoms. The van der Waals surface area contributed by atoms with Crippen LogP contribution in [0, 0.1) is 6.92 Å². The van der Waals surface area contributed by atoms with E-state index in [4.69, 9.17) is 4.52 Å². The number of nitrogens with zero attached hydrogens (tertiary/aromatic N) is 5. The number of para-hydroxylation sites is 1. The van der Waals surface area contributed by atoms with Crippen molar-refractivity contribution in [2.45, 2.75) is 38.1 Å². The monoisotopic (exact) mass is 347 g/mol. The molecule has 2 aliphatic rings. The predicted molar refractivity (Wildman–Crippen MR) is 92.7 cm³/mol. The fourth-order valence-electron chi connectivity index (χ4n) is 3.35. The minimum Gasteiger partial charge on any atom is -0.337 e. The summed E-state index contributed by atoms with van der Waals surface area (Å²) < 4.78 is 5.53. The van der Waals surface area contributed by atoms with Gasteiger partial charge in [0.05, 0.1) is 11.9 Å². The van der Waals surface area contributed by atoms with Crippen molar-refractivity contribution in [3.05, 3.63) is 65.3 Å². The molecule has 0 bridgehead atoms. The molecule has 1 aromatic carbocycles. The van der Waals surface area contributed by atoms with Crippen LogP contribution < -0.4 is 4.90 Å². The third kappa shape index (κ3) is 2.47. The minimum atomic E-state index is -0.317. The number of anilines is 1. The van der Waals surface area contributed by atoms with E-state index in [9.17, 15) is 4.79 Å². The van der Waals surface area contributed by atoms with E-state index in [1.807, 2.05) is 31.2 Å². The molecule has 1 aliphatic heterocycles. The second-order valence-corrected chi connectivity index (χ2v) is 6.83. The van der Waals surface area contributed by atoms with Gasteiger partial charge in [0.15, 0.2) is 5.82 Å². The van der Waals surface area contributed by atoms with Gasteiger partial charge >= 0.3 is 0 Å². The molecule has 1 amide bonds. The zero-order valence-corrected chi connectivity index (χ0v) is 14.3. The molecule has 130 valence electrons. The fourth-order valence-corrected chi connectivity index (χ4v) is 3.35. The number of carbonyl (C=O) groups excluding carboxylic acids is 1. The quantitative estimate of drug-likeness (QED) is 0.724. The van der Waals surface area contributed by atoms with Crippen LogP contribution in [-0.2, 0) is 6.42 Å². The molecule has 0 N–H and O–H groups in total. The lowest BCUT2D eigenvalue weighted by Gasteiger charge is -2.22. The summed E-state index contributed by atoms with van der Waals surface area (Å²) in [5, 5.41) is 4.11. The maximum atomic E-state index is 13.2. The highest BCUT2D eigenvalue weighted by Crippen LogP contribution is 2.42. The predicted octanol–water partition coefficient (Wildman–Crippen LogP) is 2.99. The Morgan fingerprint density at radius 2 is 2.04 bits per heavy atom. The van der Waals surface area contributed by atoms with Crippen molar-refractivity contribution in [3.63, 3.8) is 0 Å². The number of benzene rings is 1. The van der Waals surface area contributed by atoms with Crippen LogP contribution in [0.4, 0.5) is 5.69 Å². The van der Waals surface area contributed by atoms with Gasteiger partial charge in [-0.05, 0) is 31.4 Å². The summed E-state index contributed by atoms with van der Waals surface area (Å²) in [6.07, 6.45) is 5.96. The van der Waals surface area contributed by atoms with Gasteiger partial charge in [0.25, 0.3) is 5.91 Å². The number of carbonyl (C=O) groups is 1.